The van der Waals surface area contributed by atoms with Crippen molar-refractivity contribution in [2.24, 2.45) is 0 Å². The van der Waals surface area contributed by atoms with Crippen LogP contribution in [0.2, 0.25) is 10.0 Å². The first-order valence-corrected chi connectivity index (χ1v) is 7.19. The molecule has 3 N–H and O–H groups in total. The Balaban J connectivity index is 1.83. The average molecular weight is 332 g/mol. The topological polar surface area (TPSA) is 84.7 Å². The molecule has 1 fully saturated rings. The third-order valence-corrected chi connectivity index (χ3v) is 3.54. The number of anilines is 2. The number of amides is 2. The summed E-state index contributed by atoms with van der Waals surface area (Å²) < 4.78 is 4.80. The van der Waals surface area contributed by atoms with E-state index in [0.29, 0.717) is 42.5 Å². The van der Waals surface area contributed by atoms with E-state index in [4.69, 9.17) is 33.7 Å². The fraction of sp³-hybridized carbons (Fsp3) is 0.385. The van der Waals surface area contributed by atoms with E-state index in [1.54, 1.807) is 4.90 Å². The van der Waals surface area contributed by atoms with E-state index in [1.165, 1.54) is 12.1 Å². The van der Waals surface area contributed by atoms with Gasteiger partial charge in [0, 0.05) is 18.0 Å². The number of nitrogens with zero attached hydrogens (tertiary/aromatic N) is 1. The highest BCUT2D eigenvalue weighted by Gasteiger charge is 2.21. The smallest absolute Gasteiger partial charge is 0.409 e. The van der Waals surface area contributed by atoms with Crippen LogP contribution in [-0.4, -0.2) is 36.6 Å². The lowest BCUT2D eigenvalue weighted by Crippen LogP contribution is -2.26. The maximum Gasteiger partial charge on any atom is 0.409 e. The van der Waals surface area contributed by atoms with Crippen molar-refractivity contribution in [3.05, 3.63) is 22.2 Å². The van der Waals surface area contributed by atoms with Crippen molar-refractivity contribution in [3.63, 3.8) is 0 Å². The summed E-state index contributed by atoms with van der Waals surface area (Å²) in [5.74, 6) is -0.224. The molecule has 0 aromatic heterocycles. The fourth-order valence-electron chi connectivity index (χ4n) is 1.99. The summed E-state index contributed by atoms with van der Waals surface area (Å²) in [7, 11) is 0. The number of carbonyl (C=O) groups excluding carboxylic acids is 2. The number of benzene rings is 1. The van der Waals surface area contributed by atoms with Gasteiger partial charge in [0.2, 0.25) is 5.91 Å². The van der Waals surface area contributed by atoms with Gasteiger partial charge in [-0.1, -0.05) is 23.2 Å². The molecule has 0 bridgehead atoms. The van der Waals surface area contributed by atoms with Gasteiger partial charge in [-0.2, -0.15) is 0 Å². The van der Waals surface area contributed by atoms with Gasteiger partial charge in [0.1, 0.15) is 6.61 Å². The number of hydrogen-bond acceptors (Lipinski definition) is 4. The molecule has 0 atom stereocenters. The van der Waals surface area contributed by atoms with Gasteiger partial charge < -0.3 is 20.7 Å². The number of rotatable bonds is 5. The Morgan fingerprint density at radius 1 is 1.43 bits per heavy atom. The van der Waals surface area contributed by atoms with Crippen LogP contribution in [-0.2, 0) is 9.53 Å². The first-order chi connectivity index (χ1) is 9.97. The average Bonchev–Trinajstić information content (AvgIpc) is 2.80. The van der Waals surface area contributed by atoms with Crippen molar-refractivity contribution in [1.29, 1.82) is 0 Å². The molecule has 21 heavy (non-hydrogen) atoms. The molecule has 0 unspecified atom stereocenters. The lowest BCUT2D eigenvalue weighted by atomic mass is 10.2. The van der Waals surface area contributed by atoms with E-state index in [-0.39, 0.29) is 23.4 Å². The molecule has 1 aliphatic rings. The van der Waals surface area contributed by atoms with Crippen LogP contribution >= 0.6 is 23.2 Å². The van der Waals surface area contributed by atoms with Crippen molar-refractivity contribution < 1.29 is 14.3 Å². The molecule has 0 spiro atoms. The third kappa shape index (κ3) is 4.15. The minimum absolute atomic E-state index is 0.224. The highest BCUT2D eigenvalue weighted by Crippen LogP contribution is 2.32. The quantitative estimate of drug-likeness (QED) is 0.812. The number of cyclic esters (lactones) is 1. The van der Waals surface area contributed by atoms with Gasteiger partial charge in [0.15, 0.2) is 0 Å². The zero-order valence-electron chi connectivity index (χ0n) is 11.2. The standard InChI is InChI=1S/C13H15Cl2N3O3/c14-8-6-9(15)12(10(16)7-8)17-11(19)2-1-3-18-4-5-21-13(18)20/h6-7H,1-5,16H2,(H,17,19). The number of nitrogen functional groups attached to an aromatic ring is 1. The predicted molar refractivity (Wildman–Crippen MR) is 81.7 cm³/mol. The van der Waals surface area contributed by atoms with Gasteiger partial charge in [-0.05, 0) is 18.6 Å². The summed E-state index contributed by atoms with van der Waals surface area (Å²) in [6.45, 7) is 1.45. The van der Waals surface area contributed by atoms with Crippen molar-refractivity contribution >= 4 is 46.6 Å². The Kier molecular flexibility index (Phi) is 5.14. The van der Waals surface area contributed by atoms with Crippen LogP contribution < -0.4 is 11.1 Å². The molecular formula is C13H15Cl2N3O3. The minimum atomic E-state index is -0.333. The number of halogens is 2. The van der Waals surface area contributed by atoms with E-state index in [9.17, 15) is 9.59 Å². The second kappa shape index (κ2) is 6.87. The highest BCUT2D eigenvalue weighted by atomic mass is 35.5. The third-order valence-electron chi connectivity index (χ3n) is 3.03. The predicted octanol–water partition coefficient (Wildman–Crippen LogP) is 2.75. The first-order valence-electron chi connectivity index (χ1n) is 6.43. The molecule has 114 valence electrons. The van der Waals surface area contributed by atoms with Crippen LogP contribution in [0.5, 0.6) is 0 Å². The van der Waals surface area contributed by atoms with Crippen LogP contribution in [0.25, 0.3) is 0 Å². The van der Waals surface area contributed by atoms with Gasteiger partial charge in [-0.25, -0.2) is 4.79 Å². The van der Waals surface area contributed by atoms with Crippen LogP contribution in [0.1, 0.15) is 12.8 Å². The maximum absolute atomic E-state index is 11.9. The van der Waals surface area contributed by atoms with Crippen LogP contribution in [0.4, 0.5) is 16.2 Å². The second-order valence-corrected chi connectivity index (χ2v) is 5.45. The largest absolute Gasteiger partial charge is 0.448 e. The number of ether oxygens (including phenoxy) is 1. The van der Waals surface area contributed by atoms with Gasteiger partial charge >= 0.3 is 6.09 Å². The maximum atomic E-state index is 11.9. The molecule has 1 aromatic carbocycles. The lowest BCUT2D eigenvalue weighted by Gasteiger charge is -2.13. The Hall–Kier alpha value is -1.66. The normalized spacial score (nSPS) is 14.2. The summed E-state index contributed by atoms with van der Waals surface area (Å²) >= 11 is 11.8. The minimum Gasteiger partial charge on any atom is -0.448 e. The van der Waals surface area contributed by atoms with Crippen molar-refractivity contribution in [2.75, 3.05) is 30.7 Å². The zero-order valence-corrected chi connectivity index (χ0v) is 12.7. The molecule has 0 radical (unpaired) electrons. The van der Waals surface area contributed by atoms with Gasteiger partial charge in [0.05, 0.1) is 22.9 Å². The molecule has 8 heteroatoms. The Labute approximate surface area is 132 Å². The highest BCUT2D eigenvalue weighted by molar-refractivity contribution is 6.37. The van der Waals surface area contributed by atoms with Crippen molar-refractivity contribution in [3.8, 4) is 0 Å². The van der Waals surface area contributed by atoms with Crippen LogP contribution in [0.15, 0.2) is 12.1 Å². The summed E-state index contributed by atoms with van der Waals surface area (Å²) in [6, 6.07) is 3.03. The molecule has 2 amide bonds. The molecular weight excluding hydrogens is 317 g/mol. The van der Waals surface area contributed by atoms with E-state index < -0.39 is 0 Å². The molecule has 0 aliphatic carbocycles. The molecule has 1 aromatic rings. The summed E-state index contributed by atoms with van der Waals surface area (Å²) in [4.78, 5) is 24.6. The molecule has 6 nitrogen and oxygen atoms in total. The molecule has 1 saturated heterocycles. The van der Waals surface area contributed by atoms with Crippen molar-refractivity contribution in [2.45, 2.75) is 12.8 Å². The number of carbonyl (C=O) groups is 2. The summed E-state index contributed by atoms with van der Waals surface area (Å²) in [6.07, 6.45) is 0.453. The van der Waals surface area contributed by atoms with E-state index >= 15 is 0 Å². The Morgan fingerprint density at radius 2 is 2.19 bits per heavy atom. The number of hydrogen-bond donors (Lipinski definition) is 2. The number of nitrogens with one attached hydrogen (secondary N) is 1. The van der Waals surface area contributed by atoms with E-state index in [0.717, 1.165) is 0 Å². The Morgan fingerprint density at radius 3 is 2.81 bits per heavy atom. The van der Waals surface area contributed by atoms with Gasteiger partial charge in [-0.3, -0.25) is 4.79 Å². The number of nitrogens with two attached hydrogens (primary N) is 1. The summed E-state index contributed by atoms with van der Waals surface area (Å²) in [5, 5.41) is 3.35. The molecule has 0 saturated carbocycles. The molecule has 2 rings (SSSR count). The first kappa shape index (κ1) is 15.7. The molecule has 1 aliphatic heterocycles. The fourth-order valence-corrected chi connectivity index (χ4v) is 2.54. The van der Waals surface area contributed by atoms with Crippen molar-refractivity contribution in [1.82, 2.24) is 4.90 Å². The second-order valence-electron chi connectivity index (χ2n) is 4.60. The zero-order chi connectivity index (χ0) is 15.4. The van der Waals surface area contributed by atoms with Gasteiger partial charge in [-0.15, -0.1) is 0 Å². The SMILES string of the molecule is Nc1cc(Cl)cc(Cl)c1NC(=O)CCCN1CCOC1=O. The lowest BCUT2D eigenvalue weighted by molar-refractivity contribution is -0.116. The van der Waals surface area contributed by atoms with Gasteiger partial charge in [0.25, 0.3) is 0 Å². The monoisotopic (exact) mass is 331 g/mol. The molecule has 1 heterocycles. The van der Waals surface area contributed by atoms with Crippen LogP contribution in [0.3, 0.4) is 0 Å². The van der Waals surface area contributed by atoms with E-state index in [1.807, 2.05) is 0 Å². The summed E-state index contributed by atoms with van der Waals surface area (Å²) in [5.41, 5.74) is 6.43. The van der Waals surface area contributed by atoms with E-state index in [2.05, 4.69) is 5.32 Å². The van der Waals surface area contributed by atoms with Crippen LogP contribution in [0, 0.1) is 0 Å². The Bertz CT molecular complexity index is 543.